The molecule has 1 amide bonds. The molecule has 3 heterocycles. The summed E-state index contributed by atoms with van der Waals surface area (Å²) in [7, 11) is 0. The number of hydrogen-bond donors (Lipinski definition) is 1. The Labute approximate surface area is 235 Å². The number of piperazine rings is 1. The van der Waals surface area contributed by atoms with Crippen molar-refractivity contribution in [2.24, 2.45) is 5.92 Å². The first-order chi connectivity index (χ1) is 18.8. The standard InChI is InChI=1S/C30H39ClN6O2/c1-20(2)37-28(39)11-10-25-19-32-30(34-29(25)37)33-21(3)23-6-8-24(9-7-23)26(18-22-4-5-22)35-14-16-36(17-15-35)27(38)12-13-31/h6-11,19-22,26H,4-5,12-18H2,1-3H3,(H,32,33,34). The molecule has 2 unspecified atom stereocenters. The zero-order valence-corrected chi connectivity index (χ0v) is 23.9. The summed E-state index contributed by atoms with van der Waals surface area (Å²) in [6.45, 7) is 9.40. The van der Waals surface area contributed by atoms with Gasteiger partial charge < -0.3 is 10.2 Å². The third-order valence-corrected chi connectivity index (χ3v) is 8.21. The number of alkyl halides is 1. The van der Waals surface area contributed by atoms with E-state index < -0.39 is 0 Å². The van der Waals surface area contributed by atoms with E-state index in [-0.39, 0.29) is 23.6 Å². The highest BCUT2D eigenvalue weighted by Crippen LogP contribution is 2.40. The molecule has 2 aliphatic rings. The lowest BCUT2D eigenvalue weighted by Gasteiger charge is -2.40. The molecular weight excluding hydrogens is 512 g/mol. The Morgan fingerprint density at radius 1 is 1.03 bits per heavy atom. The van der Waals surface area contributed by atoms with Crippen molar-refractivity contribution in [1.82, 2.24) is 24.3 Å². The Morgan fingerprint density at radius 2 is 1.72 bits per heavy atom. The summed E-state index contributed by atoms with van der Waals surface area (Å²) in [5.74, 6) is 1.86. The molecule has 8 nitrogen and oxygen atoms in total. The van der Waals surface area contributed by atoms with E-state index in [0.29, 0.717) is 29.9 Å². The zero-order valence-electron chi connectivity index (χ0n) is 23.1. The van der Waals surface area contributed by atoms with Crippen LogP contribution >= 0.6 is 11.6 Å². The van der Waals surface area contributed by atoms with E-state index in [0.717, 1.165) is 43.0 Å². The number of nitrogens with one attached hydrogen (secondary N) is 1. The van der Waals surface area contributed by atoms with Crippen LogP contribution < -0.4 is 10.9 Å². The van der Waals surface area contributed by atoms with Gasteiger partial charge in [-0.25, -0.2) is 4.98 Å². The van der Waals surface area contributed by atoms with Crippen molar-refractivity contribution in [3.05, 3.63) is 64.1 Å². The highest BCUT2D eigenvalue weighted by atomic mass is 35.5. The molecule has 1 saturated heterocycles. The molecule has 208 valence electrons. The molecule has 1 aliphatic carbocycles. The number of nitrogens with zero attached hydrogens (tertiary/aromatic N) is 5. The van der Waals surface area contributed by atoms with E-state index in [4.69, 9.17) is 16.6 Å². The van der Waals surface area contributed by atoms with Gasteiger partial charge in [-0.15, -0.1) is 11.6 Å². The van der Waals surface area contributed by atoms with E-state index in [1.165, 1.54) is 24.8 Å². The Kier molecular flexibility index (Phi) is 8.52. The van der Waals surface area contributed by atoms with Gasteiger partial charge in [-0.1, -0.05) is 37.1 Å². The molecule has 0 spiro atoms. The summed E-state index contributed by atoms with van der Waals surface area (Å²) in [4.78, 5) is 38.4. The first-order valence-corrected chi connectivity index (χ1v) is 14.7. The number of amides is 1. The topological polar surface area (TPSA) is 83.4 Å². The maximum Gasteiger partial charge on any atom is 0.252 e. The molecule has 2 fully saturated rings. The summed E-state index contributed by atoms with van der Waals surface area (Å²) < 4.78 is 1.70. The van der Waals surface area contributed by atoms with E-state index in [2.05, 4.69) is 46.4 Å². The summed E-state index contributed by atoms with van der Waals surface area (Å²) in [6, 6.07) is 12.6. The highest BCUT2D eigenvalue weighted by Gasteiger charge is 2.32. The van der Waals surface area contributed by atoms with Gasteiger partial charge in [0, 0.05) is 68.2 Å². The molecule has 1 N–H and O–H groups in total. The number of aromatic nitrogens is 3. The van der Waals surface area contributed by atoms with Crippen molar-refractivity contribution in [3.63, 3.8) is 0 Å². The Morgan fingerprint density at radius 3 is 2.36 bits per heavy atom. The second-order valence-corrected chi connectivity index (χ2v) is 11.6. The SMILES string of the molecule is CC(Nc1ncc2ccc(=O)n(C(C)C)c2n1)c1ccc(C(CC2CC2)N2CCN(C(=O)CCCl)CC2)cc1. The van der Waals surface area contributed by atoms with Gasteiger partial charge in [-0.3, -0.25) is 19.1 Å². The number of carbonyl (C=O) groups excluding carboxylic acids is 1. The minimum Gasteiger partial charge on any atom is -0.348 e. The molecule has 5 rings (SSSR count). The molecule has 1 aromatic carbocycles. The second-order valence-electron chi connectivity index (χ2n) is 11.2. The van der Waals surface area contributed by atoms with Crippen molar-refractivity contribution in [1.29, 1.82) is 0 Å². The van der Waals surface area contributed by atoms with Gasteiger partial charge in [-0.2, -0.15) is 4.98 Å². The Hall–Kier alpha value is -2.97. The van der Waals surface area contributed by atoms with Crippen molar-refractivity contribution >= 4 is 34.5 Å². The van der Waals surface area contributed by atoms with Crippen LogP contribution in [-0.2, 0) is 4.79 Å². The number of rotatable bonds is 10. The minimum atomic E-state index is -0.0604. The monoisotopic (exact) mass is 550 g/mol. The molecule has 3 aromatic rings. The first kappa shape index (κ1) is 27.6. The zero-order chi connectivity index (χ0) is 27.5. The van der Waals surface area contributed by atoms with Crippen LogP contribution in [0.25, 0.3) is 11.0 Å². The third kappa shape index (κ3) is 6.44. The lowest BCUT2D eigenvalue weighted by atomic mass is 9.96. The Bertz CT molecular complexity index is 1350. The molecule has 2 aromatic heterocycles. The van der Waals surface area contributed by atoms with Crippen LogP contribution in [0.5, 0.6) is 0 Å². The minimum absolute atomic E-state index is 0.00203. The summed E-state index contributed by atoms with van der Waals surface area (Å²) in [6.07, 6.45) is 6.00. The van der Waals surface area contributed by atoms with E-state index in [9.17, 15) is 9.59 Å². The predicted molar refractivity (Wildman–Crippen MR) is 156 cm³/mol. The molecule has 0 bridgehead atoms. The molecule has 0 radical (unpaired) electrons. The van der Waals surface area contributed by atoms with Gasteiger partial charge in [0.15, 0.2) is 0 Å². The third-order valence-electron chi connectivity index (χ3n) is 8.02. The fourth-order valence-electron chi connectivity index (χ4n) is 5.58. The van der Waals surface area contributed by atoms with Crippen LogP contribution in [0.15, 0.2) is 47.4 Å². The lowest BCUT2D eigenvalue weighted by Crippen LogP contribution is -2.49. The van der Waals surface area contributed by atoms with Crippen LogP contribution in [0.3, 0.4) is 0 Å². The number of benzene rings is 1. The van der Waals surface area contributed by atoms with E-state index >= 15 is 0 Å². The van der Waals surface area contributed by atoms with Gasteiger partial charge in [0.25, 0.3) is 5.56 Å². The van der Waals surface area contributed by atoms with Crippen molar-refractivity contribution in [3.8, 4) is 0 Å². The fourth-order valence-corrected chi connectivity index (χ4v) is 5.74. The number of halogens is 1. The average Bonchev–Trinajstić information content (AvgIpc) is 3.76. The number of carbonyl (C=O) groups is 1. The summed E-state index contributed by atoms with van der Waals surface area (Å²) in [5, 5.41) is 4.27. The molecule has 1 saturated carbocycles. The molecule has 2 atom stereocenters. The Balaban J connectivity index is 1.28. The largest absolute Gasteiger partial charge is 0.348 e. The van der Waals surface area contributed by atoms with Crippen molar-refractivity contribution in [2.45, 2.75) is 64.6 Å². The number of anilines is 1. The summed E-state index contributed by atoms with van der Waals surface area (Å²) in [5.41, 5.74) is 3.07. The number of hydrogen-bond acceptors (Lipinski definition) is 6. The van der Waals surface area contributed by atoms with Gasteiger partial charge in [0.05, 0.1) is 6.04 Å². The van der Waals surface area contributed by atoms with Gasteiger partial charge >= 0.3 is 0 Å². The predicted octanol–water partition coefficient (Wildman–Crippen LogP) is 5.16. The molecular formula is C30H39ClN6O2. The molecule has 1 aliphatic heterocycles. The van der Waals surface area contributed by atoms with Crippen LogP contribution in [0, 0.1) is 5.92 Å². The maximum absolute atomic E-state index is 12.4. The van der Waals surface area contributed by atoms with Crippen molar-refractivity contribution in [2.75, 3.05) is 37.4 Å². The van der Waals surface area contributed by atoms with Crippen LogP contribution in [-0.4, -0.2) is 62.3 Å². The smallest absolute Gasteiger partial charge is 0.252 e. The summed E-state index contributed by atoms with van der Waals surface area (Å²) >= 11 is 5.78. The van der Waals surface area contributed by atoms with E-state index in [1.807, 2.05) is 18.7 Å². The average molecular weight is 551 g/mol. The van der Waals surface area contributed by atoms with Crippen LogP contribution in [0.4, 0.5) is 5.95 Å². The van der Waals surface area contributed by atoms with E-state index in [1.54, 1.807) is 22.9 Å². The van der Waals surface area contributed by atoms with Crippen LogP contribution in [0.1, 0.15) is 75.7 Å². The molecule has 39 heavy (non-hydrogen) atoms. The van der Waals surface area contributed by atoms with Gasteiger partial charge in [0.1, 0.15) is 5.65 Å². The van der Waals surface area contributed by atoms with Gasteiger partial charge in [0.2, 0.25) is 11.9 Å². The normalized spacial score (nSPS) is 17.9. The van der Waals surface area contributed by atoms with Crippen LogP contribution in [0.2, 0.25) is 0 Å². The first-order valence-electron chi connectivity index (χ1n) is 14.2. The number of fused-ring (bicyclic) bond motifs is 1. The molecule has 9 heteroatoms. The fraction of sp³-hybridized carbons (Fsp3) is 0.533. The van der Waals surface area contributed by atoms with Crippen molar-refractivity contribution < 1.29 is 4.79 Å². The number of pyridine rings is 1. The quantitative estimate of drug-likeness (QED) is 0.351. The maximum atomic E-state index is 12.4. The second kappa shape index (κ2) is 12.0. The lowest BCUT2D eigenvalue weighted by molar-refractivity contribution is -0.132. The highest BCUT2D eigenvalue weighted by molar-refractivity contribution is 6.18. The van der Waals surface area contributed by atoms with Gasteiger partial charge in [-0.05, 0) is 50.3 Å².